The molecule has 8 nitrogen and oxygen atoms in total. The van der Waals surface area contributed by atoms with E-state index in [4.69, 9.17) is 9.84 Å². The average Bonchev–Trinajstić information content (AvgIpc) is 2.62. The van der Waals surface area contributed by atoms with Crippen LogP contribution >= 0.6 is 0 Å². The number of carbonyl (C=O) groups is 2. The van der Waals surface area contributed by atoms with Crippen LogP contribution in [0.15, 0.2) is 42.5 Å². The molecule has 2 N–H and O–H groups in total. The van der Waals surface area contributed by atoms with Gasteiger partial charge in [-0.05, 0) is 36.8 Å². The maximum absolute atomic E-state index is 13.3. The molecule has 2 aromatic carbocycles. The summed E-state index contributed by atoms with van der Waals surface area (Å²) in [5, 5.41) is 22.0. The van der Waals surface area contributed by atoms with Gasteiger partial charge in [0.2, 0.25) is 5.82 Å². The summed E-state index contributed by atoms with van der Waals surface area (Å²) in [5.41, 5.74) is 0.0271. The Morgan fingerprint density at radius 1 is 1.27 bits per heavy atom. The number of aliphatic hydroxyl groups is 1. The third-order valence-electron chi connectivity index (χ3n) is 3.44. The molecule has 2 rings (SSSR count). The number of halogens is 1. The Hall–Kier alpha value is -3.33. The fourth-order valence-corrected chi connectivity index (χ4v) is 2.00. The second kappa shape index (κ2) is 8.17. The van der Waals surface area contributed by atoms with E-state index in [2.05, 4.69) is 5.32 Å². The molecule has 0 aliphatic heterocycles. The summed E-state index contributed by atoms with van der Waals surface area (Å²) in [4.78, 5) is 33.9. The Bertz CT molecular complexity index is 838. The van der Waals surface area contributed by atoms with Crippen LogP contribution < -0.4 is 5.32 Å². The van der Waals surface area contributed by atoms with Crippen molar-refractivity contribution in [3.63, 3.8) is 0 Å². The van der Waals surface area contributed by atoms with Crippen LogP contribution in [0, 0.1) is 15.9 Å². The first-order valence-electron chi connectivity index (χ1n) is 7.47. The van der Waals surface area contributed by atoms with Crippen molar-refractivity contribution in [3.05, 3.63) is 69.5 Å². The second-order valence-corrected chi connectivity index (χ2v) is 5.32. The van der Waals surface area contributed by atoms with Gasteiger partial charge >= 0.3 is 11.7 Å². The maximum atomic E-state index is 13.3. The molecule has 0 aliphatic carbocycles. The summed E-state index contributed by atoms with van der Waals surface area (Å²) in [5.74, 6) is -2.51. The lowest BCUT2D eigenvalue weighted by atomic mass is 10.1. The highest BCUT2D eigenvalue weighted by atomic mass is 19.1. The molecule has 0 heterocycles. The minimum atomic E-state index is -1.19. The first-order valence-corrected chi connectivity index (χ1v) is 7.47. The van der Waals surface area contributed by atoms with E-state index in [0.717, 1.165) is 18.2 Å². The van der Waals surface area contributed by atoms with Crippen LogP contribution in [0.1, 0.15) is 22.8 Å². The van der Waals surface area contributed by atoms with Gasteiger partial charge in [0.15, 0.2) is 6.10 Å². The van der Waals surface area contributed by atoms with Gasteiger partial charge in [0, 0.05) is 11.8 Å². The number of carbonyl (C=O) groups excluding carboxylic acids is 2. The zero-order valence-corrected chi connectivity index (χ0v) is 13.6. The number of nitrogens with zero attached hydrogens (tertiary/aromatic N) is 1. The zero-order valence-electron chi connectivity index (χ0n) is 13.6. The van der Waals surface area contributed by atoms with Gasteiger partial charge in [-0.15, -0.1) is 0 Å². The van der Waals surface area contributed by atoms with Crippen molar-refractivity contribution in [2.45, 2.75) is 19.6 Å². The number of hydrogen-bond donors (Lipinski definition) is 2. The SMILES string of the molecule is C[C@H](OC(=O)c1ccc(CO)cc1)C(=O)Nc1ccc(F)c([N+](=O)[O-])c1. The van der Waals surface area contributed by atoms with Crippen LogP contribution in [0.4, 0.5) is 15.8 Å². The van der Waals surface area contributed by atoms with Crippen molar-refractivity contribution in [3.8, 4) is 0 Å². The standard InChI is InChI=1S/C17H15FN2O6/c1-10(26-17(23)12-4-2-11(9-21)3-5-12)16(22)19-13-6-7-14(18)15(8-13)20(24)25/h2-8,10,21H,9H2,1H3,(H,19,22)/t10-/m0/s1. The first kappa shape index (κ1) is 19.0. The van der Waals surface area contributed by atoms with E-state index in [-0.39, 0.29) is 17.9 Å². The summed E-state index contributed by atoms with van der Waals surface area (Å²) in [6.45, 7) is 1.16. The highest BCUT2D eigenvalue weighted by molar-refractivity contribution is 5.97. The number of rotatable bonds is 6. The molecule has 1 atom stereocenters. The minimum absolute atomic E-state index is 0.00158. The Balaban J connectivity index is 2.01. The molecule has 0 unspecified atom stereocenters. The number of amides is 1. The molecule has 26 heavy (non-hydrogen) atoms. The second-order valence-electron chi connectivity index (χ2n) is 5.32. The molecule has 0 saturated carbocycles. The number of esters is 1. The molecule has 0 radical (unpaired) electrons. The highest BCUT2D eigenvalue weighted by Crippen LogP contribution is 2.22. The van der Waals surface area contributed by atoms with Crippen LogP contribution in [0.5, 0.6) is 0 Å². The molecule has 0 aromatic heterocycles. The van der Waals surface area contributed by atoms with Crippen LogP contribution in [-0.4, -0.2) is 28.0 Å². The molecule has 0 spiro atoms. The lowest BCUT2D eigenvalue weighted by Gasteiger charge is -2.13. The number of nitrogens with one attached hydrogen (secondary N) is 1. The smallest absolute Gasteiger partial charge is 0.338 e. The van der Waals surface area contributed by atoms with E-state index in [0.29, 0.717) is 5.56 Å². The molecular formula is C17H15FN2O6. The zero-order chi connectivity index (χ0) is 19.3. The minimum Gasteiger partial charge on any atom is -0.449 e. The van der Waals surface area contributed by atoms with Gasteiger partial charge in [0.05, 0.1) is 17.1 Å². The van der Waals surface area contributed by atoms with Crippen LogP contribution in [0.25, 0.3) is 0 Å². The molecule has 0 saturated heterocycles. The molecule has 136 valence electrons. The van der Waals surface area contributed by atoms with E-state index in [1.165, 1.54) is 19.1 Å². The van der Waals surface area contributed by atoms with Crippen molar-refractivity contribution in [2.24, 2.45) is 0 Å². The Morgan fingerprint density at radius 2 is 1.92 bits per heavy atom. The molecule has 0 fully saturated rings. The molecule has 2 aromatic rings. The maximum Gasteiger partial charge on any atom is 0.338 e. The van der Waals surface area contributed by atoms with Gasteiger partial charge in [-0.2, -0.15) is 4.39 Å². The van der Waals surface area contributed by atoms with Gasteiger partial charge in [-0.1, -0.05) is 12.1 Å². The molecule has 0 bridgehead atoms. The monoisotopic (exact) mass is 362 g/mol. The number of hydrogen-bond acceptors (Lipinski definition) is 6. The molecular weight excluding hydrogens is 347 g/mol. The molecule has 0 aliphatic rings. The summed E-state index contributed by atoms with van der Waals surface area (Å²) >= 11 is 0. The van der Waals surface area contributed by atoms with Gasteiger partial charge < -0.3 is 15.2 Å². The van der Waals surface area contributed by atoms with Gasteiger partial charge in [0.25, 0.3) is 5.91 Å². The quantitative estimate of drug-likeness (QED) is 0.463. The average molecular weight is 362 g/mol. The third-order valence-corrected chi connectivity index (χ3v) is 3.44. The lowest BCUT2D eigenvalue weighted by molar-refractivity contribution is -0.387. The van der Waals surface area contributed by atoms with Crippen molar-refractivity contribution >= 4 is 23.3 Å². The topological polar surface area (TPSA) is 119 Å². The van der Waals surface area contributed by atoms with Crippen molar-refractivity contribution in [2.75, 3.05) is 5.32 Å². The van der Waals surface area contributed by atoms with E-state index in [1.54, 1.807) is 12.1 Å². The summed E-state index contributed by atoms with van der Waals surface area (Å²) in [7, 11) is 0. The Labute approximate surface area is 147 Å². The summed E-state index contributed by atoms with van der Waals surface area (Å²) in [6.07, 6.45) is -1.19. The van der Waals surface area contributed by atoms with E-state index < -0.39 is 34.4 Å². The normalized spacial score (nSPS) is 11.5. The highest BCUT2D eigenvalue weighted by Gasteiger charge is 2.21. The van der Waals surface area contributed by atoms with Crippen LogP contribution in [0.2, 0.25) is 0 Å². The number of ether oxygens (including phenoxy) is 1. The molecule has 9 heteroatoms. The summed E-state index contributed by atoms with van der Waals surface area (Å²) < 4.78 is 18.3. The van der Waals surface area contributed by atoms with Crippen molar-refractivity contribution in [1.82, 2.24) is 0 Å². The fourth-order valence-electron chi connectivity index (χ4n) is 2.00. The van der Waals surface area contributed by atoms with Gasteiger partial charge in [-0.25, -0.2) is 4.79 Å². The summed E-state index contributed by atoms with van der Waals surface area (Å²) in [6, 6.07) is 8.85. The fraction of sp³-hybridized carbons (Fsp3) is 0.176. The number of nitro groups is 1. The van der Waals surface area contributed by atoms with Gasteiger partial charge in [-0.3, -0.25) is 14.9 Å². The largest absolute Gasteiger partial charge is 0.449 e. The van der Waals surface area contributed by atoms with E-state index >= 15 is 0 Å². The predicted octanol–water partition coefficient (Wildman–Crippen LogP) is 2.41. The molecule has 1 amide bonds. The van der Waals surface area contributed by atoms with E-state index in [9.17, 15) is 24.1 Å². The van der Waals surface area contributed by atoms with Gasteiger partial charge in [0.1, 0.15) is 0 Å². The number of benzene rings is 2. The number of nitro benzene ring substituents is 1. The van der Waals surface area contributed by atoms with Crippen LogP contribution in [-0.2, 0) is 16.1 Å². The van der Waals surface area contributed by atoms with E-state index in [1.807, 2.05) is 0 Å². The Kier molecular flexibility index (Phi) is 5.97. The predicted molar refractivity (Wildman–Crippen MR) is 88.9 cm³/mol. The lowest BCUT2D eigenvalue weighted by Crippen LogP contribution is -2.30. The first-order chi connectivity index (χ1) is 12.3. The number of anilines is 1. The van der Waals surface area contributed by atoms with Crippen molar-refractivity contribution in [1.29, 1.82) is 0 Å². The number of aliphatic hydroxyl groups excluding tert-OH is 1. The van der Waals surface area contributed by atoms with Crippen LogP contribution in [0.3, 0.4) is 0 Å². The Morgan fingerprint density at radius 3 is 2.50 bits per heavy atom. The third kappa shape index (κ3) is 4.61. The van der Waals surface area contributed by atoms with Crippen molar-refractivity contribution < 1.29 is 28.7 Å².